The molecule has 1 saturated heterocycles. The van der Waals surface area contributed by atoms with Gasteiger partial charge in [-0.2, -0.15) is 0 Å². The van der Waals surface area contributed by atoms with Crippen molar-refractivity contribution in [3.05, 3.63) is 29.8 Å². The Bertz CT molecular complexity index is 570. The zero-order valence-electron chi connectivity index (χ0n) is 12.3. The van der Waals surface area contributed by atoms with Crippen LogP contribution in [0.1, 0.15) is 18.4 Å². The molecule has 0 aromatic heterocycles. The summed E-state index contributed by atoms with van der Waals surface area (Å²) in [6.07, 6.45) is 2.17. The van der Waals surface area contributed by atoms with Crippen LogP contribution in [0.3, 0.4) is 0 Å². The molecule has 1 fully saturated rings. The van der Waals surface area contributed by atoms with Crippen molar-refractivity contribution < 1.29 is 14.6 Å². The summed E-state index contributed by atoms with van der Waals surface area (Å²) in [4.78, 5) is 16.7. The number of carbonyl (C=O) groups is 1. The van der Waals surface area contributed by atoms with Gasteiger partial charge in [0, 0.05) is 24.5 Å². The maximum atomic E-state index is 12.2. The third-order valence-corrected chi connectivity index (χ3v) is 4.99. The average molecular weight is 320 g/mol. The Balaban J connectivity index is 1.56. The summed E-state index contributed by atoms with van der Waals surface area (Å²) in [7, 11) is 0. The number of hydrogen-bond acceptors (Lipinski definition) is 5. The van der Waals surface area contributed by atoms with Crippen LogP contribution in [0, 0.1) is 5.92 Å². The zero-order chi connectivity index (χ0) is 15.4. The lowest BCUT2D eigenvalue weighted by molar-refractivity contribution is -0.122. The minimum atomic E-state index is -0.371. The van der Waals surface area contributed by atoms with E-state index in [9.17, 15) is 9.90 Å². The molecular weight excluding hydrogens is 300 g/mol. The highest BCUT2D eigenvalue weighted by molar-refractivity contribution is 8.14. The molecule has 22 heavy (non-hydrogen) atoms. The largest absolute Gasteiger partial charge is 0.507 e. The number of nitrogens with one attached hydrogen (secondary N) is 1. The quantitative estimate of drug-likeness (QED) is 0.887. The Labute approximate surface area is 134 Å². The highest BCUT2D eigenvalue weighted by Crippen LogP contribution is 2.28. The molecule has 2 heterocycles. The number of ether oxygens (including phenoxy) is 1. The van der Waals surface area contributed by atoms with Crippen LogP contribution >= 0.6 is 11.8 Å². The highest BCUT2D eigenvalue weighted by Gasteiger charge is 2.27. The second kappa shape index (κ2) is 7.15. The van der Waals surface area contributed by atoms with Gasteiger partial charge in [0.15, 0.2) is 0 Å². The zero-order valence-corrected chi connectivity index (χ0v) is 13.1. The summed E-state index contributed by atoms with van der Waals surface area (Å²) >= 11 is 1.51. The van der Waals surface area contributed by atoms with Crippen LogP contribution in [-0.4, -0.2) is 47.6 Å². The van der Waals surface area contributed by atoms with Crippen molar-refractivity contribution in [1.82, 2.24) is 5.32 Å². The van der Waals surface area contributed by atoms with Crippen molar-refractivity contribution in [3.63, 3.8) is 0 Å². The molecule has 0 spiro atoms. The topological polar surface area (TPSA) is 70.9 Å². The molecule has 2 aliphatic heterocycles. The second-order valence-electron chi connectivity index (χ2n) is 5.61. The van der Waals surface area contributed by atoms with Gasteiger partial charge < -0.3 is 15.2 Å². The van der Waals surface area contributed by atoms with Crippen LogP contribution in [0.5, 0.6) is 5.75 Å². The SMILES string of the molecule is O=C(NC[C@@H]1CCCOC1)[C@H]1CSC(c2ccccc2O)=N1. The second-order valence-corrected chi connectivity index (χ2v) is 6.62. The fourth-order valence-corrected chi connectivity index (χ4v) is 3.71. The molecule has 2 N–H and O–H groups in total. The van der Waals surface area contributed by atoms with E-state index in [0.717, 1.165) is 31.1 Å². The molecule has 1 aromatic rings. The fraction of sp³-hybridized carbons (Fsp3) is 0.500. The number of rotatable bonds is 4. The van der Waals surface area contributed by atoms with Crippen LogP contribution < -0.4 is 5.32 Å². The molecular formula is C16H20N2O3S. The van der Waals surface area contributed by atoms with Crippen LogP contribution in [0.4, 0.5) is 0 Å². The molecule has 0 aliphatic carbocycles. The van der Waals surface area contributed by atoms with E-state index in [0.29, 0.717) is 23.8 Å². The maximum absolute atomic E-state index is 12.2. The molecule has 0 saturated carbocycles. The minimum absolute atomic E-state index is 0.0384. The number of nitrogens with zero attached hydrogens (tertiary/aromatic N) is 1. The van der Waals surface area contributed by atoms with Gasteiger partial charge in [0.2, 0.25) is 5.91 Å². The van der Waals surface area contributed by atoms with E-state index in [-0.39, 0.29) is 17.7 Å². The Hall–Kier alpha value is -1.53. The number of benzene rings is 1. The molecule has 3 rings (SSSR count). The van der Waals surface area contributed by atoms with Crippen molar-refractivity contribution in [2.75, 3.05) is 25.5 Å². The monoisotopic (exact) mass is 320 g/mol. The Kier molecular flexibility index (Phi) is 5.00. The summed E-state index contributed by atoms with van der Waals surface area (Å²) in [5, 5.41) is 13.6. The van der Waals surface area contributed by atoms with E-state index in [2.05, 4.69) is 10.3 Å². The molecule has 0 unspecified atom stereocenters. The van der Waals surface area contributed by atoms with Gasteiger partial charge in [-0.1, -0.05) is 12.1 Å². The van der Waals surface area contributed by atoms with E-state index in [1.54, 1.807) is 12.1 Å². The van der Waals surface area contributed by atoms with Gasteiger partial charge in [-0.05, 0) is 30.9 Å². The predicted octanol–water partition coefficient (Wildman–Crippen LogP) is 1.80. The number of aromatic hydroxyl groups is 1. The molecule has 0 radical (unpaired) electrons. The van der Waals surface area contributed by atoms with Gasteiger partial charge in [0.05, 0.1) is 6.61 Å². The first kappa shape index (κ1) is 15.4. The number of para-hydroxylation sites is 1. The third-order valence-electron chi connectivity index (χ3n) is 3.91. The predicted molar refractivity (Wildman–Crippen MR) is 87.4 cm³/mol. The van der Waals surface area contributed by atoms with Crippen molar-refractivity contribution in [3.8, 4) is 5.75 Å². The Morgan fingerprint density at radius 3 is 3.09 bits per heavy atom. The molecule has 2 atom stereocenters. The Morgan fingerprint density at radius 2 is 2.32 bits per heavy atom. The summed E-state index contributed by atoms with van der Waals surface area (Å²) in [5.74, 6) is 1.20. The van der Waals surface area contributed by atoms with E-state index in [1.165, 1.54) is 11.8 Å². The smallest absolute Gasteiger partial charge is 0.245 e. The molecule has 1 amide bonds. The standard InChI is InChI=1S/C16H20N2O3S/c19-14-6-2-1-5-12(14)16-18-13(10-22-16)15(20)17-8-11-4-3-7-21-9-11/h1-2,5-6,11,13,19H,3-4,7-10H2,(H,17,20)/t11-,13+/m0/s1. The van der Waals surface area contributed by atoms with Gasteiger partial charge in [-0.15, -0.1) is 11.8 Å². The first-order chi connectivity index (χ1) is 10.7. The number of hydrogen-bond donors (Lipinski definition) is 2. The Morgan fingerprint density at radius 1 is 1.45 bits per heavy atom. The number of phenolic OH excluding ortho intramolecular Hbond substituents is 1. The van der Waals surface area contributed by atoms with Gasteiger partial charge in [-0.25, -0.2) is 0 Å². The van der Waals surface area contributed by atoms with Crippen LogP contribution in [0.25, 0.3) is 0 Å². The van der Waals surface area contributed by atoms with Crippen molar-refractivity contribution in [1.29, 1.82) is 0 Å². The fourth-order valence-electron chi connectivity index (χ4n) is 2.64. The minimum Gasteiger partial charge on any atom is -0.507 e. The number of aliphatic imine (C=N–C) groups is 1. The molecule has 2 aliphatic rings. The van der Waals surface area contributed by atoms with Gasteiger partial charge in [0.1, 0.15) is 16.8 Å². The first-order valence-corrected chi connectivity index (χ1v) is 8.57. The molecule has 118 valence electrons. The number of thioether (sulfide) groups is 1. The molecule has 6 heteroatoms. The van der Waals surface area contributed by atoms with E-state index in [4.69, 9.17) is 4.74 Å². The summed E-state index contributed by atoms with van der Waals surface area (Å²) in [5.41, 5.74) is 0.698. The van der Waals surface area contributed by atoms with Gasteiger partial charge in [-0.3, -0.25) is 9.79 Å². The number of carbonyl (C=O) groups excluding carboxylic acids is 1. The van der Waals surface area contributed by atoms with E-state index < -0.39 is 0 Å². The van der Waals surface area contributed by atoms with Crippen LogP contribution in [0.15, 0.2) is 29.3 Å². The van der Waals surface area contributed by atoms with Crippen LogP contribution in [0.2, 0.25) is 0 Å². The molecule has 0 bridgehead atoms. The molecule has 5 nitrogen and oxygen atoms in total. The van der Waals surface area contributed by atoms with E-state index >= 15 is 0 Å². The summed E-state index contributed by atoms with van der Waals surface area (Å²) < 4.78 is 5.42. The lowest BCUT2D eigenvalue weighted by Crippen LogP contribution is -2.38. The normalized spacial score (nSPS) is 24.8. The maximum Gasteiger partial charge on any atom is 0.245 e. The third kappa shape index (κ3) is 3.62. The van der Waals surface area contributed by atoms with Crippen molar-refractivity contribution in [2.45, 2.75) is 18.9 Å². The summed E-state index contributed by atoms with van der Waals surface area (Å²) in [6, 6.07) is 6.71. The highest BCUT2D eigenvalue weighted by atomic mass is 32.2. The lowest BCUT2D eigenvalue weighted by atomic mass is 10.0. The van der Waals surface area contributed by atoms with Crippen molar-refractivity contribution in [2.24, 2.45) is 10.9 Å². The van der Waals surface area contributed by atoms with Gasteiger partial charge in [0.25, 0.3) is 0 Å². The first-order valence-electron chi connectivity index (χ1n) is 7.58. The number of phenols is 1. The molecule has 1 aromatic carbocycles. The lowest BCUT2D eigenvalue weighted by Gasteiger charge is -2.22. The average Bonchev–Trinajstić information content (AvgIpc) is 3.04. The summed E-state index contributed by atoms with van der Waals surface area (Å²) in [6.45, 7) is 2.21. The number of amides is 1. The van der Waals surface area contributed by atoms with E-state index in [1.807, 2.05) is 12.1 Å². The van der Waals surface area contributed by atoms with Gasteiger partial charge >= 0.3 is 0 Å². The van der Waals surface area contributed by atoms with Crippen LogP contribution in [-0.2, 0) is 9.53 Å². The van der Waals surface area contributed by atoms with Crippen molar-refractivity contribution >= 4 is 22.7 Å².